The van der Waals surface area contributed by atoms with Crippen LogP contribution < -0.4 is 10.5 Å². The van der Waals surface area contributed by atoms with Crippen LogP contribution in [0.25, 0.3) is 0 Å². The highest BCUT2D eigenvalue weighted by molar-refractivity contribution is 9.10. The van der Waals surface area contributed by atoms with Crippen molar-refractivity contribution in [3.8, 4) is 5.75 Å². The van der Waals surface area contributed by atoms with E-state index in [4.69, 9.17) is 22.1 Å². The minimum Gasteiger partial charge on any atom is -0.496 e. The molecule has 1 atom stereocenters. The van der Waals surface area contributed by atoms with E-state index in [-0.39, 0.29) is 6.04 Å². The first-order chi connectivity index (χ1) is 9.58. The van der Waals surface area contributed by atoms with Crippen LogP contribution >= 0.6 is 27.5 Å². The Labute approximate surface area is 133 Å². The third-order valence-corrected chi connectivity index (χ3v) is 3.84. The summed E-state index contributed by atoms with van der Waals surface area (Å²) in [5.41, 5.74) is 8.51. The molecular weight excluding hydrogens is 338 g/mol. The summed E-state index contributed by atoms with van der Waals surface area (Å²) >= 11 is 9.47. The summed E-state index contributed by atoms with van der Waals surface area (Å²) in [6.45, 7) is 0. The van der Waals surface area contributed by atoms with Crippen LogP contribution in [-0.4, -0.2) is 13.2 Å². The van der Waals surface area contributed by atoms with E-state index in [1.807, 2.05) is 36.4 Å². The summed E-state index contributed by atoms with van der Waals surface area (Å²) in [6, 6.07) is 13.8. The Morgan fingerprint density at radius 3 is 2.70 bits per heavy atom. The van der Waals surface area contributed by atoms with Crippen molar-refractivity contribution in [1.82, 2.24) is 0 Å². The summed E-state index contributed by atoms with van der Waals surface area (Å²) in [5, 5.41) is 0.745. The molecule has 0 heterocycles. The SMILES string of the molecule is COc1ccc(Br)cc1CC(N)Cc1cccc(Cl)c1. The molecule has 0 saturated heterocycles. The van der Waals surface area contributed by atoms with Gasteiger partial charge in [-0.3, -0.25) is 0 Å². The molecule has 4 heteroatoms. The van der Waals surface area contributed by atoms with Crippen LogP contribution in [0.4, 0.5) is 0 Å². The third kappa shape index (κ3) is 4.23. The summed E-state index contributed by atoms with van der Waals surface area (Å²) in [4.78, 5) is 0. The van der Waals surface area contributed by atoms with Crippen molar-refractivity contribution in [2.24, 2.45) is 5.73 Å². The predicted molar refractivity (Wildman–Crippen MR) is 87.5 cm³/mol. The number of ether oxygens (including phenoxy) is 1. The molecule has 1 unspecified atom stereocenters. The molecule has 106 valence electrons. The lowest BCUT2D eigenvalue weighted by Crippen LogP contribution is -2.25. The van der Waals surface area contributed by atoms with Crippen LogP contribution in [0.5, 0.6) is 5.75 Å². The molecule has 0 radical (unpaired) electrons. The van der Waals surface area contributed by atoms with E-state index in [0.717, 1.165) is 39.2 Å². The average Bonchev–Trinajstić information content (AvgIpc) is 2.38. The highest BCUT2D eigenvalue weighted by atomic mass is 79.9. The number of halogens is 2. The van der Waals surface area contributed by atoms with Gasteiger partial charge in [0.15, 0.2) is 0 Å². The van der Waals surface area contributed by atoms with Gasteiger partial charge < -0.3 is 10.5 Å². The van der Waals surface area contributed by atoms with Crippen LogP contribution in [0.1, 0.15) is 11.1 Å². The van der Waals surface area contributed by atoms with Crippen molar-refractivity contribution < 1.29 is 4.74 Å². The fourth-order valence-electron chi connectivity index (χ4n) is 2.23. The molecule has 0 bridgehead atoms. The zero-order valence-corrected chi connectivity index (χ0v) is 13.6. The highest BCUT2D eigenvalue weighted by Crippen LogP contribution is 2.24. The van der Waals surface area contributed by atoms with E-state index in [1.54, 1.807) is 7.11 Å². The van der Waals surface area contributed by atoms with Gasteiger partial charge in [0.2, 0.25) is 0 Å². The zero-order chi connectivity index (χ0) is 14.5. The topological polar surface area (TPSA) is 35.2 Å². The average molecular weight is 355 g/mol. The third-order valence-electron chi connectivity index (χ3n) is 3.11. The molecule has 0 amide bonds. The summed E-state index contributed by atoms with van der Waals surface area (Å²) < 4.78 is 6.40. The van der Waals surface area contributed by atoms with Crippen LogP contribution in [0, 0.1) is 0 Å². The van der Waals surface area contributed by atoms with Gasteiger partial charge >= 0.3 is 0 Å². The van der Waals surface area contributed by atoms with E-state index >= 15 is 0 Å². The second-order valence-electron chi connectivity index (χ2n) is 4.75. The van der Waals surface area contributed by atoms with Gasteiger partial charge in [0, 0.05) is 15.5 Å². The molecule has 0 aliphatic rings. The second-order valence-corrected chi connectivity index (χ2v) is 6.11. The maximum Gasteiger partial charge on any atom is 0.122 e. The van der Waals surface area contributed by atoms with E-state index in [9.17, 15) is 0 Å². The van der Waals surface area contributed by atoms with Gasteiger partial charge in [-0.15, -0.1) is 0 Å². The fraction of sp³-hybridized carbons (Fsp3) is 0.250. The van der Waals surface area contributed by atoms with Gasteiger partial charge in [-0.2, -0.15) is 0 Å². The van der Waals surface area contributed by atoms with Crippen molar-refractivity contribution in [2.75, 3.05) is 7.11 Å². The molecule has 2 rings (SSSR count). The molecule has 2 N–H and O–H groups in total. The van der Waals surface area contributed by atoms with Gasteiger partial charge in [0.05, 0.1) is 7.11 Å². The summed E-state index contributed by atoms with van der Waals surface area (Å²) in [7, 11) is 1.68. The van der Waals surface area contributed by atoms with Gasteiger partial charge in [-0.1, -0.05) is 39.7 Å². The highest BCUT2D eigenvalue weighted by Gasteiger charge is 2.10. The Balaban J connectivity index is 2.08. The number of rotatable bonds is 5. The molecule has 0 spiro atoms. The fourth-order valence-corrected chi connectivity index (χ4v) is 2.85. The normalized spacial score (nSPS) is 12.2. The van der Waals surface area contributed by atoms with Crippen molar-refractivity contribution in [1.29, 1.82) is 0 Å². The van der Waals surface area contributed by atoms with Gasteiger partial charge in [-0.25, -0.2) is 0 Å². The number of hydrogen-bond donors (Lipinski definition) is 1. The smallest absolute Gasteiger partial charge is 0.122 e. The molecule has 2 aromatic rings. The molecule has 0 saturated carbocycles. The van der Waals surface area contributed by atoms with Crippen molar-refractivity contribution >= 4 is 27.5 Å². The quantitative estimate of drug-likeness (QED) is 0.872. The molecule has 0 aromatic heterocycles. The monoisotopic (exact) mass is 353 g/mol. The lowest BCUT2D eigenvalue weighted by atomic mass is 9.99. The number of nitrogens with two attached hydrogens (primary N) is 1. The summed E-state index contributed by atoms with van der Waals surface area (Å²) in [5.74, 6) is 0.870. The molecule has 2 nitrogen and oxygen atoms in total. The zero-order valence-electron chi connectivity index (χ0n) is 11.3. The Morgan fingerprint density at radius 1 is 1.20 bits per heavy atom. The van der Waals surface area contributed by atoms with Gasteiger partial charge in [0.1, 0.15) is 5.75 Å². The molecule has 20 heavy (non-hydrogen) atoms. The molecular formula is C16H17BrClNO. The van der Waals surface area contributed by atoms with Crippen LogP contribution in [0.2, 0.25) is 5.02 Å². The number of methoxy groups -OCH3 is 1. The van der Waals surface area contributed by atoms with E-state index in [2.05, 4.69) is 22.0 Å². The van der Waals surface area contributed by atoms with Gasteiger partial charge in [0.25, 0.3) is 0 Å². The number of hydrogen-bond acceptors (Lipinski definition) is 2. The Kier molecular flexibility index (Phi) is 5.46. The van der Waals surface area contributed by atoms with Crippen LogP contribution in [0.15, 0.2) is 46.9 Å². The van der Waals surface area contributed by atoms with Crippen molar-refractivity contribution in [3.63, 3.8) is 0 Å². The first-order valence-corrected chi connectivity index (χ1v) is 7.58. The second kappa shape index (κ2) is 7.11. The molecule has 0 aliphatic heterocycles. The lowest BCUT2D eigenvalue weighted by molar-refractivity contribution is 0.407. The lowest BCUT2D eigenvalue weighted by Gasteiger charge is -2.15. The first kappa shape index (κ1) is 15.4. The number of benzene rings is 2. The van der Waals surface area contributed by atoms with Gasteiger partial charge in [-0.05, 0) is 54.3 Å². The largest absolute Gasteiger partial charge is 0.496 e. The van der Waals surface area contributed by atoms with E-state index < -0.39 is 0 Å². The molecule has 0 fully saturated rings. The maximum absolute atomic E-state index is 6.25. The Hall–Kier alpha value is -1.03. The van der Waals surface area contributed by atoms with Crippen LogP contribution in [0.3, 0.4) is 0 Å². The van der Waals surface area contributed by atoms with E-state index in [0.29, 0.717) is 0 Å². The minimum atomic E-state index is 0.0247. The van der Waals surface area contributed by atoms with Crippen molar-refractivity contribution in [3.05, 3.63) is 63.1 Å². The van der Waals surface area contributed by atoms with Crippen molar-refractivity contribution in [2.45, 2.75) is 18.9 Å². The maximum atomic E-state index is 6.25. The summed E-state index contributed by atoms with van der Waals surface area (Å²) in [6.07, 6.45) is 1.55. The Bertz CT molecular complexity index is 588. The predicted octanol–water partition coefficient (Wildman–Crippen LogP) is 4.22. The molecule has 2 aromatic carbocycles. The molecule has 0 aliphatic carbocycles. The van der Waals surface area contributed by atoms with E-state index in [1.165, 1.54) is 0 Å². The Morgan fingerprint density at radius 2 is 2.00 bits per heavy atom. The minimum absolute atomic E-state index is 0.0247. The van der Waals surface area contributed by atoms with Crippen LogP contribution in [-0.2, 0) is 12.8 Å². The standard InChI is InChI=1S/C16H17BrClNO/c1-20-16-6-5-13(17)9-12(16)10-15(19)8-11-3-2-4-14(18)7-11/h2-7,9,15H,8,10,19H2,1H3. The first-order valence-electron chi connectivity index (χ1n) is 6.41.